The van der Waals surface area contributed by atoms with Gasteiger partial charge in [0.2, 0.25) is 0 Å². The van der Waals surface area contributed by atoms with Gasteiger partial charge in [0.15, 0.2) is 0 Å². The van der Waals surface area contributed by atoms with Crippen LogP contribution >= 0.6 is 0 Å². The van der Waals surface area contributed by atoms with E-state index in [1.807, 2.05) is 6.92 Å². The van der Waals surface area contributed by atoms with E-state index in [0.717, 1.165) is 0 Å². The lowest BCUT2D eigenvalue weighted by Crippen LogP contribution is -3.13. The Morgan fingerprint density at radius 3 is 1.48 bits per heavy atom. The Morgan fingerprint density at radius 1 is 0.783 bits per heavy atom. The first-order valence-electron chi connectivity index (χ1n) is 8.60. The van der Waals surface area contributed by atoms with Crippen molar-refractivity contribution in [3.05, 3.63) is 71.8 Å². The topological polar surface area (TPSA) is 24.7 Å². The van der Waals surface area contributed by atoms with Gasteiger partial charge in [0.25, 0.3) is 0 Å². The Balaban J connectivity index is 2.07. The SMILES string of the molecule is C[C@H]1[C@@H](c2ccccc2)[NH+](C)[C@H](c2ccccc2)[C@H](C)C1(C)O. The van der Waals surface area contributed by atoms with Crippen LogP contribution in [0.25, 0.3) is 0 Å². The Bertz CT molecular complexity index is 582. The van der Waals surface area contributed by atoms with Gasteiger partial charge in [-0.3, -0.25) is 0 Å². The third-order valence-electron chi connectivity index (χ3n) is 6.14. The lowest BCUT2D eigenvalue weighted by molar-refractivity contribution is -0.961. The van der Waals surface area contributed by atoms with Crippen molar-refractivity contribution in [2.75, 3.05) is 7.05 Å². The zero-order valence-corrected chi connectivity index (χ0v) is 14.5. The molecular formula is C21H28NO+. The maximum absolute atomic E-state index is 11.3. The van der Waals surface area contributed by atoms with E-state index in [-0.39, 0.29) is 23.9 Å². The lowest BCUT2D eigenvalue weighted by atomic mass is 9.66. The maximum atomic E-state index is 11.3. The van der Waals surface area contributed by atoms with Crippen LogP contribution in [0, 0.1) is 11.8 Å². The van der Waals surface area contributed by atoms with E-state index in [0.29, 0.717) is 0 Å². The molecule has 1 aliphatic rings. The van der Waals surface area contributed by atoms with Crippen molar-refractivity contribution in [2.24, 2.45) is 11.8 Å². The summed E-state index contributed by atoms with van der Waals surface area (Å²) in [5.74, 6) is 0.389. The summed E-state index contributed by atoms with van der Waals surface area (Å²) in [5.41, 5.74) is 1.93. The molecule has 1 saturated heterocycles. The third-order valence-corrected chi connectivity index (χ3v) is 6.14. The van der Waals surface area contributed by atoms with Crippen molar-refractivity contribution in [2.45, 2.75) is 38.5 Å². The molecule has 2 heteroatoms. The Kier molecular flexibility index (Phi) is 4.31. The minimum Gasteiger partial charge on any atom is -0.389 e. The molecule has 0 radical (unpaired) electrons. The number of aliphatic hydroxyl groups is 1. The first-order valence-corrected chi connectivity index (χ1v) is 8.60. The van der Waals surface area contributed by atoms with Crippen molar-refractivity contribution >= 4 is 0 Å². The fraction of sp³-hybridized carbons (Fsp3) is 0.429. The van der Waals surface area contributed by atoms with Gasteiger partial charge in [0, 0.05) is 23.0 Å². The standard InChI is InChI=1S/C21H27NO/c1-15-19(17-11-7-5-8-12-17)22(4)20(16(2)21(15,3)23)18-13-9-6-10-14-18/h5-16,19-20,23H,1-4H3/p+1/t15-,16-,19-,20-/m0/s1. The van der Waals surface area contributed by atoms with Gasteiger partial charge in [0.1, 0.15) is 12.1 Å². The van der Waals surface area contributed by atoms with Gasteiger partial charge in [-0.25, -0.2) is 0 Å². The average Bonchev–Trinajstić information content (AvgIpc) is 2.56. The van der Waals surface area contributed by atoms with E-state index in [1.54, 1.807) is 0 Å². The molecule has 1 fully saturated rings. The summed E-state index contributed by atoms with van der Waals surface area (Å²) >= 11 is 0. The predicted molar refractivity (Wildman–Crippen MR) is 94.2 cm³/mol. The van der Waals surface area contributed by atoms with Crippen LogP contribution in [0.15, 0.2) is 60.7 Å². The number of quaternary nitrogens is 1. The summed E-state index contributed by atoms with van der Waals surface area (Å²) in [6.45, 7) is 6.40. The normalized spacial score (nSPS) is 37.5. The van der Waals surface area contributed by atoms with Crippen molar-refractivity contribution < 1.29 is 10.0 Å². The van der Waals surface area contributed by atoms with Gasteiger partial charge in [0.05, 0.1) is 12.6 Å². The molecule has 1 aliphatic heterocycles. The minimum atomic E-state index is -0.694. The highest BCUT2D eigenvalue weighted by atomic mass is 16.3. The van der Waals surface area contributed by atoms with Crippen LogP contribution in [0.1, 0.15) is 44.0 Å². The molecule has 0 aromatic heterocycles. The molecule has 2 aromatic carbocycles. The predicted octanol–water partition coefficient (Wildman–Crippen LogP) is 3.02. The minimum absolute atomic E-state index is 0.194. The van der Waals surface area contributed by atoms with Gasteiger partial charge >= 0.3 is 0 Å². The van der Waals surface area contributed by atoms with E-state index in [2.05, 4.69) is 81.6 Å². The molecule has 4 atom stereocenters. The molecule has 0 bridgehead atoms. The van der Waals surface area contributed by atoms with Gasteiger partial charge in [-0.2, -0.15) is 0 Å². The summed E-state index contributed by atoms with van der Waals surface area (Å²) in [6, 6.07) is 21.8. The van der Waals surface area contributed by atoms with Gasteiger partial charge in [-0.15, -0.1) is 0 Å². The fourth-order valence-corrected chi connectivity index (χ4v) is 4.50. The van der Waals surface area contributed by atoms with Crippen LogP contribution in [0.2, 0.25) is 0 Å². The summed E-state index contributed by atoms with van der Waals surface area (Å²) in [7, 11) is 2.28. The van der Waals surface area contributed by atoms with Crippen LogP contribution in [0.4, 0.5) is 0 Å². The van der Waals surface area contributed by atoms with Gasteiger partial charge in [-0.05, 0) is 6.92 Å². The van der Waals surface area contributed by atoms with E-state index >= 15 is 0 Å². The van der Waals surface area contributed by atoms with Crippen LogP contribution in [-0.2, 0) is 0 Å². The Hall–Kier alpha value is -1.64. The summed E-state index contributed by atoms with van der Waals surface area (Å²) in [6.07, 6.45) is 0. The van der Waals surface area contributed by atoms with E-state index < -0.39 is 5.60 Å². The quantitative estimate of drug-likeness (QED) is 0.875. The zero-order valence-electron chi connectivity index (χ0n) is 14.5. The first-order chi connectivity index (χ1) is 10.9. The molecule has 3 rings (SSSR count). The second-order valence-electron chi connectivity index (χ2n) is 7.32. The molecular weight excluding hydrogens is 282 g/mol. The number of piperidine rings is 1. The summed E-state index contributed by atoms with van der Waals surface area (Å²) in [4.78, 5) is 1.47. The van der Waals surface area contributed by atoms with Crippen molar-refractivity contribution in [3.8, 4) is 0 Å². The van der Waals surface area contributed by atoms with E-state index in [9.17, 15) is 5.11 Å². The zero-order chi connectivity index (χ0) is 16.6. The summed E-state index contributed by atoms with van der Waals surface area (Å²) < 4.78 is 0. The van der Waals surface area contributed by atoms with E-state index in [4.69, 9.17) is 0 Å². The molecule has 0 saturated carbocycles. The maximum Gasteiger partial charge on any atom is 0.119 e. The second kappa shape index (κ2) is 6.10. The smallest absolute Gasteiger partial charge is 0.119 e. The molecule has 0 amide bonds. The Labute approximate surface area is 139 Å². The Morgan fingerprint density at radius 2 is 1.13 bits per heavy atom. The van der Waals surface area contributed by atoms with Crippen LogP contribution in [0.3, 0.4) is 0 Å². The molecule has 2 aromatic rings. The number of benzene rings is 2. The van der Waals surface area contributed by atoms with Crippen molar-refractivity contribution in [3.63, 3.8) is 0 Å². The molecule has 23 heavy (non-hydrogen) atoms. The number of likely N-dealkylation sites (tertiary alicyclic amines) is 1. The molecule has 1 heterocycles. The number of rotatable bonds is 2. The highest BCUT2D eigenvalue weighted by molar-refractivity contribution is 5.23. The number of hydrogen-bond acceptors (Lipinski definition) is 1. The van der Waals surface area contributed by atoms with Crippen molar-refractivity contribution in [1.82, 2.24) is 0 Å². The molecule has 0 unspecified atom stereocenters. The summed E-state index contributed by atoms with van der Waals surface area (Å²) in [5, 5.41) is 11.3. The second-order valence-corrected chi connectivity index (χ2v) is 7.32. The molecule has 2 N–H and O–H groups in total. The van der Waals surface area contributed by atoms with E-state index in [1.165, 1.54) is 16.0 Å². The largest absolute Gasteiger partial charge is 0.389 e. The molecule has 2 nitrogen and oxygen atoms in total. The number of hydrogen-bond donors (Lipinski definition) is 2. The molecule has 0 spiro atoms. The molecule has 122 valence electrons. The van der Waals surface area contributed by atoms with Crippen LogP contribution in [0.5, 0.6) is 0 Å². The van der Waals surface area contributed by atoms with Crippen LogP contribution < -0.4 is 4.90 Å². The highest BCUT2D eigenvalue weighted by Crippen LogP contribution is 2.43. The average molecular weight is 310 g/mol. The number of nitrogens with one attached hydrogen (secondary N) is 1. The van der Waals surface area contributed by atoms with Gasteiger partial charge < -0.3 is 10.0 Å². The van der Waals surface area contributed by atoms with Gasteiger partial charge in [-0.1, -0.05) is 74.5 Å². The lowest BCUT2D eigenvalue weighted by Gasteiger charge is -2.52. The van der Waals surface area contributed by atoms with Crippen molar-refractivity contribution in [1.29, 1.82) is 0 Å². The monoisotopic (exact) mass is 310 g/mol. The first kappa shape index (κ1) is 16.2. The molecule has 0 aliphatic carbocycles. The highest BCUT2D eigenvalue weighted by Gasteiger charge is 2.54. The third kappa shape index (κ3) is 2.71. The van der Waals surface area contributed by atoms with Crippen LogP contribution in [-0.4, -0.2) is 17.8 Å². The fourth-order valence-electron chi connectivity index (χ4n) is 4.50.